The number of aryl methyl sites for hydroxylation is 2. The van der Waals surface area contributed by atoms with Crippen molar-refractivity contribution in [3.05, 3.63) is 17.5 Å². The number of aromatic nitrogens is 2. The molecule has 1 aliphatic heterocycles. The van der Waals surface area contributed by atoms with Gasteiger partial charge in [-0.25, -0.2) is 0 Å². The second-order valence-corrected chi connectivity index (χ2v) is 5.24. The van der Waals surface area contributed by atoms with E-state index in [4.69, 9.17) is 5.11 Å². The van der Waals surface area contributed by atoms with Gasteiger partial charge in [0, 0.05) is 39.3 Å². The lowest BCUT2D eigenvalue weighted by Gasteiger charge is -2.33. The minimum atomic E-state index is -0.741. The van der Waals surface area contributed by atoms with E-state index in [1.165, 1.54) is 5.69 Å². The summed E-state index contributed by atoms with van der Waals surface area (Å²) in [5.41, 5.74) is 2.40. The van der Waals surface area contributed by atoms with Crippen molar-refractivity contribution in [1.82, 2.24) is 19.6 Å². The van der Waals surface area contributed by atoms with Gasteiger partial charge in [0.15, 0.2) is 0 Å². The zero-order valence-electron chi connectivity index (χ0n) is 12.4. The largest absolute Gasteiger partial charge is 0.480 e. The fourth-order valence-corrected chi connectivity index (χ4v) is 2.61. The van der Waals surface area contributed by atoms with Gasteiger partial charge in [-0.15, -0.1) is 0 Å². The Bertz CT molecular complexity index is 450. The third-order valence-corrected chi connectivity index (χ3v) is 3.79. The molecule has 1 aromatic rings. The molecule has 0 atom stereocenters. The van der Waals surface area contributed by atoms with E-state index in [1.54, 1.807) is 0 Å². The number of piperazine rings is 1. The standard InChI is InChI=1S/C14H24N4O2/c1-3-12-9-13(18(4-2)15-12)10-16-5-7-17(8-6-16)11-14(19)20/h9H,3-8,10-11H2,1-2H3,(H,19,20). The quantitative estimate of drug-likeness (QED) is 0.830. The predicted octanol–water partition coefficient (Wildman–Crippen LogP) is 0.668. The van der Waals surface area contributed by atoms with Crippen LogP contribution in [0.15, 0.2) is 6.07 Å². The van der Waals surface area contributed by atoms with E-state index in [2.05, 4.69) is 34.6 Å². The molecule has 0 unspecified atom stereocenters. The van der Waals surface area contributed by atoms with E-state index in [1.807, 2.05) is 4.90 Å². The molecule has 1 saturated heterocycles. The SMILES string of the molecule is CCc1cc(CN2CCN(CC(=O)O)CC2)n(CC)n1. The molecule has 0 bridgehead atoms. The van der Waals surface area contributed by atoms with E-state index >= 15 is 0 Å². The molecule has 0 aromatic carbocycles. The number of nitrogens with zero attached hydrogens (tertiary/aromatic N) is 4. The van der Waals surface area contributed by atoms with E-state index in [0.717, 1.165) is 51.4 Å². The topological polar surface area (TPSA) is 61.6 Å². The summed E-state index contributed by atoms with van der Waals surface area (Å²) in [7, 11) is 0. The third-order valence-electron chi connectivity index (χ3n) is 3.79. The molecule has 0 spiro atoms. The highest BCUT2D eigenvalue weighted by atomic mass is 16.4. The lowest BCUT2D eigenvalue weighted by molar-refractivity contribution is -0.138. The summed E-state index contributed by atoms with van der Waals surface area (Å²) in [4.78, 5) is 15.1. The van der Waals surface area contributed by atoms with Gasteiger partial charge in [0.1, 0.15) is 0 Å². The zero-order valence-corrected chi connectivity index (χ0v) is 12.4. The Morgan fingerprint density at radius 2 is 1.90 bits per heavy atom. The second kappa shape index (κ2) is 6.85. The molecular weight excluding hydrogens is 256 g/mol. The van der Waals surface area contributed by atoms with Crippen LogP contribution in [-0.2, 0) is 24.3 Å². The van der Waals surface area contributed by atoms with E-state index in [0.29, 0.717) is 0 Å². The molecule has 112 valence electrons. The van der Waals surface area contributed by atoms with Gasteiger partial charge in [0.05, 0.1) is 17.9 Å². The number of rotatable bonds is 6. The maximum atomic E-state index is 10.7. The van der Waals surface area contributed by atoms with Crippen LogP contribution in [0.3, 0.4) is 0 Å². The van der Waals surface area contributed by atoms with Crippen LogP contribution in [0.2, 0.25) is 0 Å². The number of aliphatic carboxylic acids is 1. The van der Waals surface area contributed by atoms with Crippen molar-refractivity contribution in [3.8, 4) is 0 Å². The molecule has 6 nitrogen and oxygen atoms in total. The Morgan fingerprint density at radius 1 is 1.25 bits per heavy atom. The van der Waals surface area contributed by atoms with Crippen molar-refractivity contribution in [1.29, 1.82) is 0 Å². The summed E-state index contributed by atoms with van der Waals surface area (Å²) < 4.78 is 2.07. The highest BCUT2D eigenvalue weighted by Crippen LogP contribution is 2.11. The van der Waals surface area contributed by atoms with Crippen molar-refractivity contribution < 1.29 is 9.90 Å². The Labute approximate surface area is 120 Å². The van der Waals surface area contributed by atoms with Crippen molar-refractivity contribution >= 4 is 5.97 Å². The maximum absolute atomic E-state index is 10.7. The molecule has 0 aliphatic carbocycles. The molecule has 1 N–H and O–H groups in total. The smallest absolute Gasteiger partial charge is 0.317 e. The maximum Gasteiger partial charge on any atom is 0.317 e. The van der Waals surface area contributed by atoms with Crippen LogP contribution in [0.5, 0.6) is 0 Å². The van der Waals surface area contributed by atoms with Gasteiger partial charge in [-0.05, 0) is 19.4 Å². The second-order valence-electron chi connectivity index (χ2n) is 5.24. The van der Waals surface area contributed by atoms with Crippen molar-refractivity contribution in [2.24, 2.45) is 0 Å². The lowest BCUT2D eigenvalue weighted by Crippen LogP contribution is -2.47. The fourth-order valence-electron chi connectivity index (χ4n) is 2.61. The van der Waals surface area contributed by atoms with Crippen LogP contribution >= 0.6 is 0 Å². The lowest BCUT2D eigenvalue weighted by atomic mass is 10.2. The molecule has 0 radical (unpaired) electrons. The van der Waals surface area contributed by atoms with E-state index in [9.17, 15) is 4.79 Å². The van der Waals surface area contributed by atoms with Gasteiger partial charge in [0.25, 0.3) is 0 Å². The zero-order chi connectivity index (χ0) is 14.5. The van der Waals surface area contributed by atoms with Gasteiger partial charge in [0.2, 0.25) is 0 Å². The minimum absolute atomic E-state index is 0.153. The summed E-state index contributed by atoms with van der Waals surface area (Å²) in [6, 6.07) is 2.19. The first-order valence-electron chi connectivity index (χ1n) is 7.34. The highest BCUT2D eigenvalue weighted by molar-refractivity contribution is 5.69. The summed E-state index contributed by atoms with van der Waals surface area (Å²) in [6.07, 6.45) is 0.965. The third kappa shape index (κ3) is 3.80. The normalized spacial score (nSPS) is 17.5. The van der Waals surface area contributed by atoms with Gasteiger partial charge in [-0.1, -0.05) is 6.92 Å². The number of carboxylic acid groups (broad SMARTS) is 1. The van der Waals surface area contributed by atoms with Crippen LogP contribution in [-0.4, -0.2) is 63.4 Å². The first-order valence-corrected chi connectivity index (χ1v) is 7.34. The first kappa shape index (κ1) is 15.0. The molecule has 0 amide bonds. The van der Waals surface area contributed by atoms with E-state index < -0.39 is 5.97 Å². The summed E-state index contributed by atoms with van der Waals surface area (Å²) in [6.45, 7) is 9.68. The van der Waals surface area contributed by atoms with Crippen LogP contribution < -0.4 is 0 Å². The number of carboxylic acids is 1. The Balaban J connectivity index is 1.89. The van der Waals surface area contributed by atoms with Gasteiger partial charge >= 0.3 is 5.97 Å². The minimum Gasteiger partial charge on any atom is -0.480 e. The Hall–Kier alpha value is -1.40. The molecule has 2 heterocycles. The van der Waals surface area contributed by atoms with Crippen LogP contribution in [0.4, 0.5) is 0 Å². The number of carbonyl (C=O) groups is 1. The first-order chi connectivity index (χ1) is 9.62. The van der Waals surface area contributed by atoms with Gasteiger partial charge in [-0.3, -0.25) is 19.3 Å². The average molecular weight is 280 g/mol. The Morgan fingerprint density at radius 3 is 2.45 bits per heavy atom. The molecule has 2 rings (SSSR count). The average Bonchev–Trinajstić information content (AvgIpc) is 2.82. The van der Waals surface area contributed by atoms with Crippen LogP contribution in [0, 0.1) is 0 Å². The van der Waals surface area contributed by atoms with E-state index in [-0.39, 0.29) is 6.54 Å². The van der Waals surface area contributed by atoms with Gasteiger partial charge < -0.3 is 5.11 Å². The van der Waals surface area contributed by atoms with Crippen molar-refractivity contribution in [2.45, 2.75) is 33.4 Å². The van der Waals surface area contributed by atoms with Gasteiger partial charge in [-0.2, -0.15) is 5.10 Å². The fraction of sp³-hybridized carbons (Fsp3) is 0.714. The highest BCUT2D eigenvalue weighted by Gasteiger charge is 2.19. The van der Waals surface area contributed by atoms with Crippen molar-refractivity contribution in [2.75, 3.05) is 32.7 Å². The molecular formula is C14H24N4O2. The number of hydrogen-bond acceptors (Lipinski definition) is 4. The predicted molar refractivity (Wildman–Crippen MR) is 76.6 cm³/mol. The molecule has 6 heteroatoms. The monoisotopic (exact) mass is 280 g/mol. The molecule has 0 saturated carbocycles. The van der Waals surface area contributed by atoms with Crippen molar-refractivity contribution in [3.63, 3.8) is 0 Å². The summed E-state index contributed by atoms with van der Waals surface area (Å²) in [5, 5.41) is 13.4. The molecule has 1 aromatic heterocycles. The molecule has 1 aliphatic rings. The summed E-state index contributed by atoms with van der Waals surface area (Å²) in [5.74, 6) is -0.741. The Kier molecular flexibility index (Phi) is 5.14. The summed E-state index contributed by atoms with van der Waals surface area (Å²) >= 11 is 0. The molecule has 1 fully saturated rings. The van der Waals surface area contributed by atoms with Crippen LogP contribution in [0.25, 0.3) is 0 Å². The molecule has 20 heavy (non-hydrogen) atoms. The van der Waals surface area contributed by atoms with Crippen LogP contribution in [0.1, 0.15) is 25.2 Å². The number of hydrogen-bond donors (Lipinski definition) is 1.